The Labute approximate surface area is 151 Å². The molecule has 0 N–H and O–H groups in total. The minimum Gasteiger partial charge on any atom is -0.488 e. The Morgan fingerprint density at radius 2 is 1.75 bits per heavy atom. The van der Waals surface area contributed by atoms with Crippen LogP contribution in [0.25, 0.3) is 10.8 Å². The number of hydrogen-bond acceptors (Lipinski definition) is 1. The van der Waals surface area contributed by atoms with Crippen LogP contribution in [0.4, 0.5) is 0 Å². The molecule has 0 heterocycles. The van der Waals surface area contributed by atoms with Gasteiger partial charge in [-0.05, 0) is 48.2 Å². The number of benzene rings is 3. The monoisotopic (exact) mass is 376 g/mol. The van der Waals surface area contributed by atoms with E-state index in [1.807, 2.05) is 49.4 Å². The van der Waals surface area contributed by atoms with Gasteiger partial charge in [0.05, 0.1) is 5.56 Å². The third-order valence-electron chi connectivity index (χ3n) is 3.54. The summed E-state index contributed by atoms with van der Waals surface area (Å²) in [6.45, 7) is 6.34. The maximum atomic E-state index is 5.90. The highest BCUT2D eigenvalue weighted by atomic mass is 79.9. The van der Waals surface area contributed by atoms with Crippen LogP contribution in [-0.4, -0.2) is 6.61 Å². The Hall–Kier alpha value is -2.50. The molecule has 0 spiro atoms. The molecule has 0 radical (unpaired) electrons. The van der Waals surface area contributed by atoms with Gasteiger partial charge in [-0.1, -0.05) is 64.7 Å². The molecule has 0 unspecified atom stereocenters. The van der Waals surface area contributed by atoms with Crippen LogP contribution >= 0.6 is 15.9 Å². The predicted octanol–water partition coefficient (Wildman–Crippen LogP) is 5.96. The van der Waals surface area contributed by atoms with E-state index in [9.17, 15) is 0 Å². The van der Waals surface area contributed by atoms with Gasteiger partial charge in [-0.2, -0.15) is 0 Å². The number of hydrogen-bond donors (Lipinski definition) is 0. The summed E-state index contributed by atoms with van der Waals surface area (Å²) in [5.41, 5.74) is 2.87. The standard InChI is InChI=1S/C22H17BrO/c1-16(2)15-24-22-14-10-18-5-3-4-6-20(18)21(22)13-9-17-7-11-19(23)12-8-17/h3-8,10-12,14H,1,15H2,2H3. The van der Waals surface area contributed by atoms with Gasteiger partial charge in [-0.3, -0.25) is 0 Å². The first-order chi connectivity index (χ1) is 11.6. The van der Waals surface area contributed by atoms with Crippen molar-refractivity contribution < 1.29 is 4.74 Å². The highest BCUT2D eigenvalue weighted by Gasteiger charge is 2.07. The molecule has 0 atom stereocenters. The fourth-order valence-electron chi connectivity index (χ4n) is 2.37. The molecule has 0 saturated heterocycles. The van der Waals surface area contributed by atoms with Crippen molar-refractivity contribution in [1.29, 1.82) is 0 Å². The van der Waals surface area contributed by atoms with Gasteiger partial charge in [0.15, 0.2) is 0 Å². The third kappa shape index (κ3) is 3.88. The molecular formula is C22H17BrO. The zero-order valence-corrected chi connectivity index (χ0v) is 15.1. The molecule has 0 aliphatic heterocycles. The minimum atomic E-state index is 0.491. The van der Waals surface area contributed by atoms with E-state index in [2.05, 4.69) is 52.5 Å². The van der Waals surface area contributed by atoms with Crippen LogP contribution in [0.2, 0.25) is 0 Å². The second-order valence-corrected chi connectivity index (χ2v) is 6.58. The van der Waals surface area contributed by atoms with Gasteiger partial charge in [-0.15, -0.1) is 0 Å². The smallest absolute Gasteiger partial charge is 0.136 e. The lowest BCUT2D eigenvalue weighted by Gasteiger charge is -2.10. The molecule has 0 fully saturated rings. The second kappa shape index (κ2) is 7.38. The summed E-state index contributed by atoms with van der Waals surface area (Å²) in [6.07, 6.45) is 0. The van der Waals surface area contributed by atoms with Crippen LogP contribution in [0.15, 0.2) is 77.3 Å². The second-order valence-electron chi connectivity index (χ2n) is 5.66. The fraction of sp³-hybridized carbons (Fsp3) is 0.0909. The maximum absolute atomic E-state index is 5.90. The molecule has 0 amide bonds. The van der Waals surface area contributed by atoms with Gasteiger partial charge in [0.25, 0.3) is 0 Å². The van der Waals surface area contributed by atoms with E-state index in [-0.39, 0.29) is 0 Å². The summed E-state index contributed by atoms with van der Waals surface area (Å²) >= 11 is 3.44. The summed E-state index contributed by atoms with van der Waals surface area (Å²) in [6, 6.07) is 20.2. The lowest BCUT2D eigenvalue weighted by Crippen LogP contribution is -1.99. The molecule has 3 aromatic rings. The third-order valence-corrected chi connectivity index (χ3v) is 4.07. The highest BCUT2D eigenvalue weighted by Crippen LogP contribution is 2.27. The van der Waals surface area contributed by atoms with Crippen LogP contribution in [0.5, 0.6) is 5.75 Å². The molecule has 3 rings (SSSR count). The average Bonchev–Trinajstić information content (AvgIpc) is 2.59. The van der Waals surface area contributed by atoms with Crippen molar-refractivity contribution in [3.05, 3.63) is 88.4 Å². The Balaban J connectivity index is 2.07. The fourth-order valence-corrected chi connectivity index (χ4v) is 2.63. The summed E-state index contributed by atoms with van der Waals surface area (Å²) in [5, 5.41) is 2.25. The van der Waals surface area contributed by atoms with Crippen LogP contribution in [-0.2, 0) is 0 Å². The molecule has 2 heteroatoms. The van der Waals surface area contributed by atoms with Crippen molar-refractivity contribution in [3.8, 4) is 17.6 Å². The molecule has 24 heavy (non-hydrogen) atoms. The van der Waals surface area contributed by atoms with Gasteiger partial charge >= 0.3 is 0 Å². The highest BCUT2D eigenvalue weighted by molar-refractivity contribution is 9.10. The zero-order chi connectivity index (χ0) is 16.9. The molecular weight excluding hydrogens is 360 g/mol. The first-order valence-electron chi connectivity index (χ1n) is 7.70. The van der Waals surface area contributed by atoms with Crippen molar-refractivity contribution in [2.45, 2.75) is 6.92 Å². The van der Waals surface area contributed by atoms with E-state index < -0.39 is 0 Å². The topological polar surface area (TPSA) is 9.23 Å². The number of halogens is 1. The zero-order valence-electron chi connectivity index (χ0n) is 13.5. The van der Waals surface area contributed by atoms with Crippen LogP contribution < -0.4 is 4.74 Å². The van der Waals surface area contributed by atoms with Gasteiger partial charge < -0.3 is 4.74 Å². The summed E-state index contributed by atoms with van der Waals surface area (Å²) in [4.78, 5) is 0. The van der Waals surface area contributed by atoms with E-state index in [4.69, 9.17) is 4.74 Å². The number of rotatable bonds is 3. The average molecular weight is 377 g/mol. The maximum Gasteiger partial charge on any atom is 0.136 e. The van der Waals surface area contributed by atoms with Crippen molar-refractivity contribution >= 4 is 26.7 Å². The molecule has 1 nitrogen and oxygen atoms in total. The number of fused-ring (bicyclic) bond motifs is 1. The Kier molecular flexibility index (Phi) is 5.03. The number of ether oxygens (including phenoxy) is 1. The van der Waals surface area contributed by atoms with Gasteiger partial charge in [-0.25, -0.2) is 0 Å². The van der Waals surface area contributed by atoms with Crippen LogP contribution in [0.1, 0.15) is 18.1 Å². The normalized spacial score (nSPS) is 10.1. The molecule has 0 aliphatic rings. The SMILES string of the molecule is C=C(C)COc1ccc2ccccc2c1C#Cc1ccc(Br)cc1. The van der Waals surface area contributed by atoms with E-state index in [1.54, 1.807) is 0 Å². The predicted molar refractivity (Wildman–Crippen MR) is 104 cm³/mol. The molecule has 0 saturated carbocycles. The van der Waals surface area contributed by atoms with Crippen molar-refractivity contribution in [2.24, 2.45) is 0 Å². The van der Waals surface area contributed by atoms with E-state index in [1.165, 1.54) is 0 Å². The largest absolute Gasteiger partial charge is 0.488 e. The van der Waals surface area contributed by atoms with E-state index >= 15 is 0 Å². The van der Waals surface area contributed by atoms with Gasteiger partial charge in [0.2, 0.25) is 0 Å². The minimum absolute atomic E-state index is 0.491. The molecule has 0 bridgehead atoms. The first kappa shape index (κ1) is 16.4. The molecule has 0 aliphatic carbocycles. The van der Waals surface area contributed by atoms with Crippen LogP contribution in [0.3, 0.4) is 0 Å². The first-order valence-corrected chi connectivity index (χ1v) is 8.49. The van der Waals surface area contributed by atoms with E-state index in [0.717, 1.165) is 37.7 Å². The summed E-state index contributed by atoms with van der Waals surface area (Å²) < 4.78 is 6.95. The summed E-state index contributed by atoms with van der Waals surface area (Å²) in [5.74, 6) is 7.32. The van der Waals surface area contributed by atoms with Crippen molar-refractivity contribution in [1.82, 2.24) is 0 Å². The molecule has 3 aromatic carbocycles. The van der Waals surface area contributed by atoms with Gasteiger partial charge in [0, 0.05) is 15.4 Å². The molecule has 0 aromatic heterocycles. The van der Waals surface area contributed by atoms with Crippen molar-refractivity contribution in [3.63, 3.8) is 0 Å². The quantitative estimate of drug-likeness (QED) is 0.404. The molecule has 118 valence electrons. The van der Waals surface area contributed by atoms with Crippen LogP contribution in [0, 0.1) is 11.8 Å². The van der Waals surface area contributed by atoms with E-state index in [0.29, 0.717) is 6.61 Å². The Morgan fingerprint density at radius 1 is 1.00 bits per heavy atom. The van der Waals surface area contributed by atoms with Crippen molar-refractivity contribution in [2.75, 3.05) is 6.61 Å². The lowest BCUT2D eigenvalue weighted by atomic mass is 10.0. The van der Waals surface area contributed by atoms with Gasteiger partial charge in [0.1, 0.15) is 12.4 Å². The Bertz CT molecular complexity index is 943. The lowest BCUT2D eigenvalue weighted by molar-refractivity contribution is 0.352. The Morgan fingerprint density at radius 3 is 2.50 bits per heavy atom. The summed E-state index contributed by atoms with van der Waals surface area (Å²) in [7, 11) is 0.